The minimum Gasteiger partial charge on any atom is -0.482 e. The van der Waals surface area contributed by atoms with E-state index in [1.165, 1.54) is 4.90 Å². The number of nitrogens with zero attached hydrogens (tertiary/aromatic N) is 1. The monoisotopic (exact) mass is 324 g/mol. The highest BCUT2D eigenvalue weighted by Crippen LogP contribution is 2.27. The van der Waals surface area contributed by atoms with Crippen molar-refractivity contribution in [3.63, 3.8) is 0 Å². The average molecular weight is 325 g/mol. The molecule has 1 amide bonds. The van der Waals surface area contributed by atoms with E-state index >= 15 is 0 Å². The third kappa shape index (κ3) is 4.03. The Morgan fingerprint density at radius 1 is 1.19 bits per heavy atom. The molecule has 21 heavy (non-hydrogen) atoms. The van der Waals surface area contributed by atoms with Crippen LogP contribution in [0.2, 0.25) is 10.0 Å². The molecule has 2 aromatic carbocycles. The number of amides is 1. The van der Waals surface area contributed by atoms with Gasteiger partial charge in [0, 0.05) is 23.4 Å². The lowest BCUT2D eigenvalue weighted by atomic mass is 10.2. The summed E-state index contributed by atoms with van der Waals surface area (Å²) in [7, 11) is 1.67. The summed E-state index contributed by atoms with van der Waals surface area (Å²) in [4.78, 5) is 13.6. The number of hydrogen-bond donors (Lipinski definition) is 1. The summed E-state index contributed by atoms with van der Waals surface area (Å²) in [5, 5.41) is 0.878. The van der Waals surface area contributed by atoms with Gasteiger partial charge in [0.2, 0.25) is 0 Å². The molecule has 6 heteroatoms. The van der Waals surface area contributed by atoms with Crippen LogP contribution in [0.5, 0.6) is 5.75 Å². The lowest BCUT2D eigenvalue weighted by molar-refractivity contribution is -0.120. The summed E-state index contributed by atoms with van der Waals surface area (Å²) in [5.74, 6) is 0.214. The van der Waals surface area contributed by atoms with E-state index in [2.05, 4.69) is 0 Å². The number of carbonyl (C=O) groups excluding carboxylic acids is 1. The normalized spacial score (nSPS) is 10.2. The van der Waals surface area contributed by atoms with Gasteiger partial charge in [0.15, 0.2) is 6.61 Å². The van der Waals surface area contributed by atoms with Gasteiger partial charge in [0.1, 0.15) is 5.75 Å². The SMILES string of the molecule is CN(C(=O)COc1ccc(Cl)cc1Cl)c1ccc(N)cc1. The second-order valence-corrected chi connectivity index (χ2v) is 5.25. The first-order valence-corrected chi connectivity index (χ1v) is 6.93. The van der Waals surface area contributed by atoms with Crippen molar-refractivity contribution in [3.05, 3.63) is 52.5 Å². The molecule has 0 aliphatic rings. The van der Waals surface area contributed by atoms with Crippen LogP contribution in [-0.4, -0.2) is 19.6 Å². The summed E-state index contributed by atoms with van der Waals surface area (Å²) in [5.41, 5.74) is 6.99. The van der Waals surface area contributed by atoms with Crippen LogP contribution in [0, 0.1) is 0 Å². The van der Waals surface area contributed by atoms with E-state index in [1.807, 2.05) is 0 Å². The molecule has 2 N–H and O–H groups in total. The summed E-state index contributed by atoms with van der Waals surface area (Å²) < 4.78 is 5.41. The Hall–Kier alpha value is -1.91. The average Bonchev–Trinajstić information content (AvgIpc) is 2.46. The third-order valence-electron chi connectivity index (χ3n) is 2.90. The summed E-state index contributed by atoms with van der Waals surface area (Å²) in [6.07, 6.45) is 0. The van der Waals surface area contributed by atoms with Crippen LogP contribution in [0.25, 0.3) is 0 Å². The number of hydrogen-bond acceptors (Lipinski definition) is 3. The minimum absolute atomic E-state index is 0.123. The third-order valence-corrected chi connectivity index (χ3v) is 3.43. The molecule has 0 atom stereocenters. The van der Waals surface area contributed by atoms with Crippen molar-refractivity contribution >= 4 is 40.5 Å². The Balaban J connectivity index is 1.99. The van der Waals surface area contributed by atoms with Crippen LogP contribution < -0.4 is 15.4 Å². The quantitative estimate of drug-likeness (QED) is 0.874. The van der Waals surface area contributed by atoms with Gasteiger partial charge in [-0.05, 0) is 42.5 Å². The fraction of sp³-hybridized carbons (Fsp3) is 0.133. The van der Waals surface area contributed by atoms with Crippen LogP contribution in [0.4, 0.5) is 11.4 Å². The highest BCUT2D eigenvalue weighted by Gasteiger charge is 2.12. The van der Waals surface area contributed by atoms with Gasteiger partial charge >= 0.3 is 0 Å². The molecule has 0 aromatic heterocycles. The van der Waals surface area contributed by atoms with E-state index in [0.717, 1.165) is 5.69 Å². The molecule has 0 unspecified atom stereocenters. The standard InChI is InChI=1S/C15H14Cl2N2O2/c1-19(12-5-3-11(18)4-6-12)15(20)9-21-14-7-2-10(16)8-13(14)17/h2-8H,9,18H2,1H3. The van der Waals surface area contributed by atoms with E-state index in [0.29, 0.717) is 21.5 Å². The second-order valence-electron chi connectivity index (χ2n) is 4.41. The van der Waals surface area contributed by atoms with Crippen molar-refractivity contribution in [2.75, 3.05) is 24.3 Å². The molecule has 110 valence electrons. The number of nitrogen functional groups attached to an aromatic ring is 1. The van der Waals surface area contributed by atoms with Gasteiger partial charge in [0.05, 0.1) is 5.02 Å². The van der Waals surface area contributed by atoms with Gasteiger partial charge in [-0.15, -0.1) is 0 Å². The molecular formula is C15H14Cl2N2O2. The van der Waals surface area contributed by atoms with E-state index in [9.17, 15) is 4.79 Å². The van der Waals surface area contributed by atoms with Crippen LogP contribution in [0.15, 0.2) is 42.5 Å². The molecule has 0 saturated carbocycles. The molecule has 0 aliphatic heterocycles. The Morgan fingerprint density at radius 3 is 2.48 bits per heavy atom. The largest absolute Gasteiger partial charge is 0.482 e. The smallest absolute Gasteiger partial charge is 0.264 e. The molecule has 2 aromatic rings. The summed E-state index contributed by atoms with van der Waals surface area (Å²) >= 11 is 11.8. The van der Waals surface area contributed by atoms with Crippen molar-refractivity contribution in [2.45, 2.75) is 0 Å². The van der Waals surface area contributed by atoms with Crippen LogP contribution in [0.3, 0.4) is 0 Å². The zero-order valence-corrected chi connectivity index (χ0v) is 12.9. The number of rotatable bonds is 4. The second kappa shape index (κ2) is 6.70. The van der Waals surface area contributed by atoms with E-state index < -0.39 is 0 Å². The number of nitrogens with two attached hydrogens (primary N) is 1. The number of ether oxygens (including phenoxy) is 1. The molecule has 0 spiro atoms. The first-order valence-electron chi connectivity index (χ1n) is 6.17. The van der Waals surface area contributed by atoms with Gasteiger partial charge in [-0.3, -0.25) is 4.79 Å². The summed E-state index contributed by atoms with van der Waals surface area (Å²) in [6, 6.07) is 11.8. The van der Waals surface area contributed by atoms with Gasteiger partial charge in [-0.25, -0.2) is 0 Å². The lowest BCUT2D eigenvalue weighted by Crippen LogP contribution is -2.31. The van der Waals surface area contributed by atoms with E-state index in [4.69, 9.17) is 33.7 Å². The zero-order valence-electron chi connectivity index (χ0n) is 11.3. The topological polar surface area (TPSA) is 55.6 Å². The number of carbonyl (C=O) groups is 1. The number of benzene rings is 2. The Labute approximate surface area is 133 Å². The van der Waals surface area contributed by atoms with Crippen LogP contribution in [0.1, 0.15) is 0 Å². The Bertz CT molecular complexity index is 645. The number of halogens is 2. The predicted molar refractivity (Wildman–Crippen MR) is 86.2 cm³/mol. The van der Waals surface area contributed by atoms with Crippen molar-refractivity contribution in [3.8, 4) is 5.75 Å². The zero-order chi connectivity index (χ0) is 15.4. The first kappa shape index (κ1) is 15.5. The van der Waals surface area contributed by atoms with Crippen LogP contribution in [-0.2, 0) is 4.79 Å². The minimum atomic E-state index is -0.203. The van der Waals surface area contributed by atoms with Gasteiger partial charge < -0.3 is 15.4 Å². The lowest BCUT2D eigenvalue weighted by Gasteiger charge is -2.18. The van der Waals surface area contributed by atoms with Gasteiger partial charge in [0.25, 0.3) is 5.91 Å². The molecule has 0 radical (unpaired) electrons. The molecule has 2 rings (SSSR count). The molecule has 0 saturated heterocycles. The maximum absolute atomic E-state index is 12.1. The molecule has 4 nitrogen and oxygen atoms in total. The van der Waals surface area contributed by atoms with Crippen molar-refractivity contribution in [1.29, 1.82) is 0 Å². The highest BCUT2D eigenvalue weighted by atomic mass is 35.5. The Kier molecular flexibility index (Phi) is 4.94. The maximum Gasteiger partial charge on any atom is 0.264 e. The predicted octanol–water partition coefficient (Wildman–Crippen LogP) is 3.62. The maximum atomic E-state index is 12.1. The Morgan fingerprint density at radius 2 is 1.86 bits per heavy atom. The highest BCUT2D eigenvalue weighted by molar-refractivity contribution is 6.35. The molecular weight excluding hydrogens is 311 g/mol. The summed E-state index contributed by atoms with van der Waals surface area (Å²) in [6.45, 7) is -0.123. The van der Waals surface area contributed by atoms with Crippen molar-refractivity contribution in [1.82, 2.24) is 0 Å². The number of anilines is 2. The van der Waals surface area contributed by atoms with Gasteiger partial charge in [-0.2, -0.15) is 0 Å². The molecule has 0 heterocycles. The fourth-order valence-electron chi connectivity index (χ4n) is 1.67. The molecule has 0 aliphatic carbocycles. The van der Waals surface area contributed by atoms with Gasteiger partial charge in [-0.1, -0.05) is 23.2 Å². The first-order chi connectivity index (χ1) is 9.97. The van der Waals surface area contributed by atoms with E-state index in [-0.39, 0.29) is 12.5 Å². The number of likely N-dealkylation sites (N-methyl/N-ethyl adjacent to an activating group) is 1. The van der Waals surface area contributed by atoms with Crippen LogP contribution >= 0.6 is 23.2 Å². The molecule has 0 fully saturated rings. The van der Waals surface area contributed by atoms with Crippen molar-refractivity contribution < 1.29 is 9.53 Å². The van der Waals surface area contributed by atoms with Crippen molar-refractivity contribution in [2.24, 2.45) is 0 Å². The fourth-order valence-corrected chi connectivity index (χ4v) is 2.13. The van der Waals surface area contributed by atoms with E-state index in [1.54, 1.807) is 49.5 Å². The molecule has 0 bridgehead atoms.